The normalized spacial score (nSPS) is 22.5. The number of nitrogens with zero attached hydrogens (tertiary/aromatic N) is 3. The quantitative estimate of drug-likeness (QED) is 0.851. The third kappa shape index (κ3) is 3.71. The minimum absolute atomic E-state index is 0.753. The Balaban J connectivity index is 1.26. The zero-order valence-electron chi connectivity index (χ0n) is 14.6. The molecule has 2 aliphatic rings. The van der Waals surface area contributed by atoms with E-state index < -0.39 is 0 Å². The molecular formula is C20H27N3S. The van der Waals surface area contributed by atoms with Gasteiger partial charge in [-0.05, 0) is 37.3 Å². The summed E-state index contributed by atoms with van der Waals surface area (Å²) in [6.45, 7) is 8.12. The Labute approximate surface area is 149 Å². The molecule has 4 rings (SSSR count). The molecule has 0 saturated carbocycles. The summed E-state index contributed by atoms with van der Waals surface area (Å²) < 4.78 is 0. The number of aromatic nitrogens is 1. The minimum atomic E-state index is 0.753. The molecule has 2 aromatic rings. The maximum Gasteiger partial charge on any atom is 0.0897 e. The molecule has 0 N–H and O–H groups in total. The van der Waals surface area contributed by atoms with Gasteiger partial charge in [0, 0.05) is 50.6 Å². The third-order valence-electron chi connectivity index (χ3n) is 5.59. The second-order valence-corrected chi connectivity index (χ2v) is 8.21. The average molecular weight is 342 g/mol. The van der Waals surface area contributed by atoms with Crippen LogP contribution >= 0.6 is 11.3 Å². The zero-order chi connectivity index (χ0) is 16.4. The SMILES string of the molecule is Cc1nc(CCN2CCN([C@@H]3CCc4ccccc4C3)CC2)cs1. The van der Waals surface area contributed by atoms with Crippen LogP contribution in [0.5, 0.6) is 0 Å². The maximum absolute atomic E-state index is 4.59. The van der Waals surface area contributed by atoms with E-state index in [-0.39, 0.29) is 0 Å². The van der Waals surface area contributed by atoms with Crippen molar-refractivity contribution >= 4 is 11.3 Å². The molecule has 0 bridgehead atoms. The van der Waals surface area contributed by atoms with Gasteiger partial charge in [0.15, 0.2) is 0 Å². The highest BCUT2D eigenvalue weighted by Gasteiger charge is 2.26. The lowest BCUT2D eigenvalue weighted by molar-refractivity contribution is 0.0901. The van der Waals surface area contributed by atoms with E-state index in [4.69, 9.17) is 0 Å². The van der Waals surface area contributed by atoms with Gasteiger partial charge in [0.05, 0.1) is 10.7 Å². The van der Waals surface area contributed by atoms with Crippen LogP contribution in [-0.2, 0) is 19.3 Å². The van der Waals surface area contributed by atoms with Crippen LogP contribution in [-0.4, -0.2) is 53.5 Å². The fraction of sp³-hybridized carbons (Fsp3) is 0.550. The van der Waals surface area contributed by atoms with Crippen molar-refractivity contribution in [3.8, 4) is 0 Å². The smallest absolute Gasteiger partial charge is 0.0897 e. The molecule has 1 fully saturated rings. The highest BCUT2D eigenvalue weighted by atomic mass is 32.1. The number of rotatable bonds is 4. The van der Waals surface area contributed by atoms with Crippen molar-refractivity contribution in [2.75, 3.05) is 32.7 Å². The van der Waals surface area contributed by atoms with Gasteiger partial charge in [-0.3, -0.25) is 4.90 Å². The molecule has 1 aliphatic heterocycles. The maximum atomic E-state index is 4.59. The van der Waals surface area contributed by atoms with Gasteiger partial charge in [0.25, 0.3) is 0 Å². The Kier molecular flexibility index (Phi) is 4.97. The van der Waals surface area contributed by atoms with Crippen molar-refractivity contribution in [3.05, 3.63) is 51.5 Å². The van der Waals surface area contributed by atoms with Gasteiger partial charge in [-0.1, -0.05) is 24.3 Å². The lowest BCUT2D eigenvalue weighted by Gasteiger charge is -2.41. The van der Waals surface area contributed by atoms with E-state index in [2.05, 4.69) is 51.4 Å². The molecule has 0 radical (unpaired) electrons. The molecular weight excluding hydrogens is 314 g/mol. The summed E-state index contributed by atoms with van der Waals surface area (Å²) in [7, 11) is 0. The number of aryl methyl sites for hydroxylation is 2. The molecule has 1 aromatic carbocycles. The number of thiazole rings is 1. The van der Waals surface area contributed by atoms with E-state index in [0.29, 0.717) is 0 Å². The lowest BCUT2D eigenvalue weighted by atomic mass is 9.87. The van der Waals surface area contributed by atoms with Gasteiger partial charge < -0.3 is 4.90 Å². The first-order valence-electron chi connectivity index (χ1n) is 9.22. The largest absolute Gasteiger partial charge is 0.300 e. The summed E-state index contributed by atoms with van der Waals surface area (Å²) in [5.74, 6) is 0. The number of hydrogen-bond acceptors (Lipinski definition) is 4. The Bertz CT molecular complexity index is 673. The second kappa shape index (κ2) is 7.34. The van der Waals surface area contributed by atoms with Crippen LogP contribution < -0.4 is 0 Å². The topological polar surface area (TPSA) is 19.4 Å². The number of fused-ring (bicyclic) bond motifs is 1. The van der Waals surface area contributed by atoms with E-state index in [0.717, 1.165) is 19.0 Å². The fourth-order valence-electron chi connectivity index (χ4n) is 4.14. The summed E-state index contributed by atoms with van der Waals surface area (Å²) >= 11 is 1.77. The van der Waals surface area contributed by atoms with Gasteiger partial charge in [-0.2, -0.15) is 0 Å². The minimum Gasteiger partial charge on any atom is -0.300 e. The first kappa shape index (κ1) is 16.2. The van der Waals surface area contributed by atoms with Crippen LogP contribution in [0.4, 0.5) is 0 Å². The van der Waals surface area contributed by atoms with Crippen molar-refractivity contribution in [2.24, 2.45) is 0 Å². The highest BCUT2D eigenvalue weighted by Crippen LogP contribution is 2.25. The summed E-state index contributed by atoms with van der Waals surface area (Å²) in [5, 5.41) is 3.40. The van der Waals surface area contributed by atoms with Crippen molar-refractivity contribution in [3.63, 3.8) is 0 Å². The molecule has 0 amide bonds. The molecule has 4 heteroatoms. The Morgan fingerprint density at radius 1 is 1.12 bits per heavy atom. The Morgan fingerprint density at radius 2 is 1.92 bits per heavy atom. The number of hydrogen-bond donors (Lipinski definition) is 0. The first-order valence-corrected chi connectivity index (χ1v) is 10.1. The summed E-state index contributed by atoms with van der Waals surface area (Å²) in [6, 6.07) is 9.77. The fourth-order valence-corrected chi connectivity index (χ4v) is 4.79. The predicted octanol–water partition coefficient (Wildman–Crippen LogP) is 3.17. The Hall–Kier alpha value is -1.23. The standard InChI is InChI=1S/C20H27N3S/c1-16-21-19(15-24-16)8-9-22-10-12-23(13-11-22)20-7-6-17-4-2-3-5-18(17)14-20/h2-5,15,20H,6-14H2,1H3/t20-/m1/s1. The highest BCUT2D eigenvalue weighted by molar-refractivity contribution is 7.09. The van der Waals surface area contributed by atoms with E-state index in [1.807, 2.05) is 0 Å². The summed E-state index contributed by atoms with van der Waals surface area (Å²) in [5.41, 5.74) is 4.42. The average Bonchev–Trinajstić information content (AvgIpc) is 3.05. The lowest BCUT2D eigenvalue weighted by Crippen LogP contribution is -2.52. The zero-order valence-corrected chi connectivity index (χ0v) is 15.4. The first-order chi connectivity index (χ1) is 11.8. The van der Waals surface area contributed by atoms with Crippen molar-refractivity contribution < 1.29 is 0 Å². The molecule has 0 unspecified atom stereocenters. The molecule has 3 nitrogen and oxygen atoms in total. The molecule has 128 valence electrons. The van der Waals surface area contributed by atoms with Crippen LogP contribution in [0.1, 0.15) is 28.2 Å². The van der Waals surface area contributed by atoms with Crippen LogP contribution in [0.25, 0.3) is 0 Å². The summed E-state index contributed by atoms with van der Waals surface area (Å²) in [4.78, 5) is 9.93. The Morgan fingerprint density at radius 3 is 2.67 bits per heavy atom. The molecule has 2 heterocycles. The van der Waals surface area contributed by atoms with E-state index >= 15 is 0 Å². The molecule has 24 heavy (non-hydrogen) atoms. The summed E-state index contributed by atoms with van der Waals surface area (Å²) in [6.07, 6.45) is 4.93. The van der Waals surface area contributed by atoms with Crippen molar-refractivity contribution in [1.82, 2.24) is 14.8 Å². The number of benzene rings is 1. The molecule has 1 aliphatic carbocycles. The van der Waals surface area contributed by atoms with Crippen LogP contribution in [0, 0.1) is 6.92 Å². The second-order valence-electron chi connectivity index (χ2n) is 7.15. The van der Waals surface area contributed by atoms with Gasteiger partial charge in [-0.15, -0.1) is 11.3 Å². The van der Waals surface area contributed by atoms with E-state index in [9.17, 15) is 0 Å². The van der Waals surface area contributed by atoms with Crippen LogP contribution in [0.3, 0.4) is 0 Å². The van der Waals surface area contributed by atoms with Crippen LogP contribution in [0.15, 0.2) is 29.6 Å². The molecule has 1 aromatic heterocycles. The van der Waals surface area contributed by atoms with Crippen LogP contribution in [0.2, 0.25) is 0 Å². The molecule has 1 saturated heterocycles. The predicted molar refractivity (Wildman–Crippen MR) is 101 cm³/mol. The van der Waals surface area contributed by atoms with Gasteiger partial charge in [0.2, 0.25) is 0 Å². The molecule has 1 atom stereocenters. The van der Waals surface area contributed by atoms with E-state index in [1.54, 1.807) is 22.5 Å². The molecule has 0 spiro atoms. The monoisotopic (exact) mass is 341 g/mol. The van der Waals surface area contributed by atoms with E-state index in [1.165, 1.54) is 56.1 Å². The third-order valence-corrected chi connectivity index (χ3v) is 6.42. The number of piperazine rings is 1. The van der Waals surface area contributed by atoms with Gasteiger partial charge in [0.1, 0.15) is 0 Å². The van der Waals surface area contributed by atoms with Crippen molar-refractivity contribution in [1.29, 1.82) is 0 Å². The van der Waals surface area contributed by atoms with Gasteiger partial charge >= 0.3 is 0 Å². The van der Waals surface area contributed by atoms with Gasteiger partial charge in [-0.25, -0.2) is 4.98 Å². The van der Waals surface area contributed by atoms with Crippen molar-refractivity contribution in [2.45, 2.75) is 38.6 Å².